The molecule has 3 aromatic rings. The Hall–Kier alpha value is -2.64. The fourth-order valence-electron chi connectivity index (χ4n) is 3.75. The second-order valence-electron chi connectivity index (χ2n) is 6.95. The third kappa shape index (κ3) is 3.87. The lowest BCUT2D eigenvalue weighted by Gasteiger charge is -2.33. The highest BCUT2D eigenvalue weighted by Crippen LogP contribution is 2.43. The molecule has 0 spiro atoms. The van der Waals surface area contributed by atoms with Crippen LogP contribution >= 0.6 is 22.9 Å². The van der Waals surface area contributed by atoms with Crippen LogP contribution in [0.4, 0.5) is 13.2 Å². The standard InChI is InChI=1S/C22H16ClF3N2OS/c1-2-21(29)28-11-18(17-8-20(23)30-19(17)12-28)16-6-4-3-5-15(16)13-7-14(10-27-9-13)22(24,25)26/h2-10,18H,1,11-12H2/t18-/m0/s1. The Morgan fingerprint density at radius 1 is 1.23 bits per heavy atom. The lowest BCUT2D eigenvalue weighted by molar-refractivity contribution is -0.137. The van der Waals surface area contributed by atoms with E-state index in [0.717, 1.165) is 28.3 Å². The molecule has 1 aliphatic heterocycles. The summed E-state index contributed by atoms with van der Waals surface area (Å²) in [4.78, 5) is 18.8. The van der Waals surface area contributed by atoms with Gasteiger partial charge >= 0.3 is 6.18 Å². The third-order valence-electron chi connectivity index (χ3n) is 5.12. The quantitative estimate of drug-likeness (QED) is 0.451. The van der Waals surface area contributed by atoms with E-state index in [2.05, 4.69) is 11.6 Å². The summed E-state index contributed by atoms with van der Waals surface area (Å²) in [7, 11) is 0. The normalized spacial score (nSPS) is 16.3. The van der Waals surface area contributed by atoms with Gasteiger partial charge < -0.3 is 4.90 Å². The highest BCUT2D eigenvalue weighted by atomic mass is 35.5. The Morgan fingerprint density at radius 2 is 2.00 bits per heavy atom. The first-order chi connectivity index (χ1) is 14.3. The number of rotatable bonds is 3. The molecule has 8 heteroatoms. The maximum Gasteiger partial charge on any atom is 0.417 e. The van der Waals surface area contributed by atoms with Crippen molar-refractivity contribution in [3.8, 4) is 11.1 Å². The van der Waals surface area contributed by atoms with Crippen molar-refractivity contribution < 1.29 is 18.0 Å². The molecule has 1 aliphatic rings. The number of nitrogens with zero attached hydrogens (tertiary/aromatic N) is 2. The number of pyridine rings is 1. The summed E-state index contributed by atoms with van der Waals surface area (Å²) in [6.07, 6.45) is -0.983. The SMILES string of the molecule is C=CC(=O)N1Cc2sc(Cl)cc2[C@H](c2ccccc2-c2cncc(C(F)(F)F)c2)C1. The molecule has 0 aliphatic carbocycles. The molecule has 1 aromatic carbocycles. The van der Waals surface area contributed by atoms with Gasteiger partial charge in [0.2, 0.25) is 5.91 Å². The molecule has 3 nitrogen and oxygen atoms in total. The lowest BCUT2D eigenvalue weighted by Crippen LogP contribution is -2.37. The van der Waals surface area contributed by atoms with Crippen molar-refractivity contribution in [2.75, 3.05) is 6.54 Å². The first kappa shape index (κ1) is 20.6. The average molecular weight is 449 g/mol. The molecule has 0 N–H and O–H groups in total. The summed E-state index contributed by atoms with van der Waals surface area (Å²) in [5.74, 6) is -0.430. The number of alkyl halides is 3. The van der Waals surface area contributed by atoms with Crippen LogP contribution in [0, 0.1) is 0 Å². The van der Waals surface area contributed by atoms with E-state index in [9.17, 15) is 18.0 Å². The molecule has 30 heavy (non-hydrogen) atoms. The fourth-order valence-corrected chi connectivity index (χ4v) is 5.11. The smallest absolute Gasteiger partial charge is 0.333 e. The van der Waals surface area contributed by atoms with Gasteiger partial charge in [0.05, 0.1) is 16.4 Å². The molecule has 0 fully saturated rings. The van der Waals surface area contributed by atoms with Crippen LogP contribution in [0.5, 0.6) is 0 Å². The maximum atomic E-state index is 13.2. The largest absolute Gasteiger partial charge is 0.417 e. The van der Waals surface area contributed by atoms with Gasteiger partial charge in [-0.15, -0.1) is 11.3 Å². The number of halogens is 4. The Morgan fingerprint density at radius 3 is 2.73 bits per heavy atom. The van der Waals surface area contributed by atoms with E-state index in [4.69, 9.17) is 11.6 Å². The van der Waals surface area contributed by atoms with E-state index in [1.165, 1.54) is 23.6 Å². The zero-order valence-corrected chi connectivity index (χ0v) is 17.2. The second kappa shape index (κ2) is 7.89. The molecular formula is C22H16ClF3N2OS. The van der Waals surface area contributed by atoms with Crippen molar-refractivity contribution in [2.45, 2.75) is 18.6 Å². The Labute approximate surface area is 180 Å². The van der Waals surface area contributed by atoms with Gasteiger partial charge in [0, 0.05) is 35.3 Å². The van der Waals surface area contributed by atoms with Crippen LogP contribution < -0.4 is 0 Å². The van der Waals surface area contributed by atoms with Crippen LogP contribution in [0.3, 0.4) is 0 Å². The number of benzene rings is 1. The summed E-state index contributed by atoms with van der Waals surface area (Å²) in [6, 6.07) is 10.2. The van der Waals surface area contributed by atoms with E-state index in [1.54, 1.807) is 17.0 Å². The minimum Gasteiger partial charge on any atom is -0.333 e. The maximum absolute atomic E-state index is 13.2. The molecule has 0 saturated heterocycles. The van der Waals surface area contributed by atoms with Crippen LogP contribution in [0.2, 0.25) is 4.34 Å². The van der Waals surface area contributed by atoms with Crippen LogP contribution in [0.25, 0.3) is 11.1 Å². The molecule has 1 amide bonds. The highest BCUT2D eigenvalue weighted by Gasteiger charge is 2.33. The summed E-state index contributed by atoms with van der Waals surface area (Å²) >= 11 is 7.66. The van der Waals surface area contributed by atoms with Crippen LogP contribution in [0.15, 0.2) is 61.4 Å². The van der Waals surface area contributed by atoms with Crippen molar-refractivity contribution in [1.29, 1.82) is 0 Å². The van der Waals surface area contributed by atoms with Gasteiger partial charge in [-0.2, -0.15) is 13.2 Å². The molecular weight excluding hydrogens is 433 g/mol. The van der Waals surface area contributed by atoms with Gasteiger partial charge in [-0.05, 0) is 34.9 Å². The molecule has 1 atom stereocenters. The van der Waals surface area contributed by atoms with E-state index in [0.29, 0.717) is 28.6 Å². The number of hydrogen-bond acceptors (Lipinski definition) is 3. The monoisotopic (exact) mass is 448 g/mol. The van der Waals surface area contributed by atoms with Gasteiger partial charge in [0.25, 0.3) is 0 Å². The fraction of sp³-hybridized carbons (Fsp3) is 0.182. The number of fused-ring (bicyclic) bond motifs is 1. The van der Waals surface area contributed by atoms with Gasteiger partial charge in [0.15, 0.2) is 0 Å². The van der Waals surface area contributed by atoms with Crippen LogP contribution in [-0.2, 0) is 17.5 Å². The summed E-state index contributed by atoms with van der Waals surface area (Å²) in [5.41, 5.74) is 2.01. The molecule has 154 valence electrons. The Balaban J connectivity index is 1.84. The zero-order valence-electron chi connectivity index (χ0n) is 15.6. The number of thiophene rings is 1. The molecule has 0 saturated carbocycles. The molecule has 4 rings (SSSR count). The first-order valence-electron chi connectivity index (χ1n) is 9.09. The van der Waals surface area contributed by atoms with Crippen molar-refractivity contribution in [2.24, 2.45) is 0 Å². The molecule has 2 aromatic heterocycles. The molecule has 3 heterocycles. The van der Waals surface area contributed by atoms with E-state index in [-0.39, 0.29) is 11.8 Å². The minimum absolute atomic E-state index is 0.201. The molecule has 0 bridgehead atoms. The van der Waals surface area contributed by atoms with Crippen molar-refractivity contribution >= 4 is 28.8 Å². The van der Waals surface area contributed by atoms with E-state index >= 15 is 0 Å². The van der Waals surface area contributed by atoms with Crippen LogP contribution in [0.1, 0.15) is 27.5 Å². The number of carbonyl (C=O) groups is 1. The highest BCUT2D eigenvalue weighted by molar-refractivity contribution is 7.16. The van der Waals surface area contributed by atoms with Gasteiger partial charge in [0.1, 0.15) is 0 Å². The first-order valence-corrected chi connectivity index (χ1v) is 10.3. The summed E-state index contributed by atoms with van der Waals surface area (Å²) in [6.45, 7) is 4.38. The third-order valence-corrected chi connectivity index (χ3v) is 6.39. The molecule has 0 unspecified atom stereocenters. The topological polar surface area (TPSA) is 33.2 Å². The number of amides is 1. The lowest BCUT2D eigenvalue weighted by atomic mass is 9.84. The van der Waals surface area contributed by atoms with Crippen molar-refractivity contribution in [1.82, 2.24) is 9.88 Å². The molecule has 0 radical (unpaired) electrons. The van der Waals surface area contributed by atoms with Crippen molar-refractivity contribution in [3.05, 3.63) is 87.4 Å². The zero-order chi connectivity index (χ0) is 21.5. The Bertz CT molecular complexity index is 1130. The van der Waals surface area contributed by atoms with Gasteiger partial charge in [-0.3, -0.25) is 9.78 Å². The van der Waals surface area contributed by atoms with Crippen molar-refractivity contribution in [3.63, 3.8) is 0 Å². The van der Waals surface area contributed by atoms with Crippen LogP contribution in [-0.4, -0.2) is 22.3 Å². The van der Waals surface area contributed by atoms with Gasteiger partial charge in [-0.25, -0.2) is 0 Å². The predicted molar refractivity (Wildman–Crippen MR) is 111 cm³/mol. The number of aromatic nitrogens is 1. The minimum atomic E-state index is -4.48. The number of hydrogen-bond donors (Lipinski definition) is 0. The van der Waals surface area contributed by atoms with E-state index in [1.807, 2.05) is 18.2 Å². The summed E-state index contributed by atoms with van der Waals surface area (Å²) < 4.78 is 40.2. The average Bonchev–Trinajstić information content (AvgIpc) is 3.12. The van der Waals surface area contributed by atoms with Gasteiger partial charge in [-0.1, -0.05) is 42.4 Å². The Kier molecular flexibility index (Phi) is 5.42. The number of carbonyl (C=O) groups excluding carboxylic acids is 1. The summed E-state index contributed by atoms with van der Waals surface area (Å²) in [5, 5.41) is 0. The van der Waals surface area contributed by atoms with E-state index < -0.39 is 11.7 Å². The predicted octanol–water partition coefficient (Wildman–Crippen LogP) is 6.14. The second-order valence-corrected chi connectivity index (χ2v) is 8.72.